The molecule has 96 valence electrons. The number of phenols is 1. The first-order chi connectivity index (χ1) is 8.51. The Morgan fingerprint density at radius 3 is 2.56 bits per heavy atom. The molecule has 1 aliphatic carbocycles. The summed E-state index contributed by atoms with van der Waals surface area (Å²) in [6.07, 6.45) is -0.511. The van der Waals surface area contributed by atoms with Crippen LogP contribution in [0.4, 0.5) is 0 Å². The van der Waals surface area contributed by atoms with Crippen molar-refractivity contribution in [2.24, 2.45) is 0 Å². The van der Waals surface area contributed by atoms with E-state index in [2.05, 4.69) is 0 Å². The first-order valence-electron chi connectivity index (χ1n) is 5.52. The normalized spacial score (nSPS) is 18.7. The van der Waals surface area contributed by atoms with Crippen LogP contribution < -0.4 is 4.74 Å². The van der Waals surface area contributed by atoms with Crippen LogP contribution in [0.5, 0.6) is 11.5 Å². The van der Waals surface area contributed by atoms with Crippen LogP contribution in [0.25, 0.3) is 0 Å². The zero-order valence-corrected chi connectivity index (χ0v) is 10.4. The van der Waals surface area contributed by atoms with E-state index in [1.165, 1.54) is 20.3 Å². The number of ether oxygens (including phenoxy) is 2. The van der Waals surface area contributed by atoms with E-state index in [1.807, 2.05) is 0 Å². The Balaban J connectivity index is 2.67. The SMILES string of the molecule is COc1cc(O)c2c(c1C)CC(OC)C(=O)C2=O. The fourth-order valence-corrected chi connectivity index (χ4v) is 2.25. The Labute approximate surface area is 104 Å². The van der Waals surface area contributed by atoms with Gasteiger partial charge in [0.25, 0.3) is 0 Å². The van der Waals surface area contributed by atoms with Crippen molar-refractivity contribution in [1.29, 1.82) is 0 Å². The number of methoxy groups -OCH3 is 2. The van der Waals surface area contributed by atoms with Gasteiger partial charge in [0, 0.05) is 19.6 Å². The lowest BCUT2D eigenvalue weighted by molar-refractivity contribution is -0.124. The standard InChI is InChI=1S/C13H14O5/c1-6-7-4-10(18-3)12(15)13(16)11(7)8(14)5-9(6)17-2/h5,10,14H,4H2,1-3H3. The number of carbonyl (C=O) groups is 2. The molecule has 5 nitrogen and oxygen atoms in total. The molecule has 0 radical (unpaired) electrons. The van der Waals surface area contributed by atoms with E-state index in [9.17, 15) is 14.7 Å². The largest absolute Gasteiger partial charge is 0.507 e. The van der Waals surface area contributed by atoms with Crippen LogP contribution >= 0.6 is 0 Å². The van der Waals surface area contributed by atoms with Crippen LogP contribution in [0.15, 0.2) is 6.07 Å². The Morgan fingerprint density at radius 1 is 1.33 bits per heavy atom. The summed E-state index contributed by atoms with van der Waals surface area (Å²) in [5.41, 5.74) is 1.43. The lowest BCUT2D eigenvalue weighted by Gasteiger charge is -2.24. The number of aromatic hydroxyl groups is 1. The van der Waals surface area contributed by atoms with Gasteiger partial charge >= 0.3 is 0 Å². The van der Waals surface area contributed by atoms with Crippen molar-refractivity contribution in [3.8, 4) is 11.5 Å². The first-order valence-corrected chi connectivity index (χ1v) is 5.52. The number of fused-ring (bicyclic) bond motifs is 1. The van der Waals surface area contributed by atoms with E-state index in [0.717, 1.165) is 5.56 Å². The Hall–Kier alpha value is -1.88. The van der Waals surface area contributed by atoms with Gasteiger partial charge in [-0.2, -0.15) is 0 Å². The molecule has 1 aromatic carbocycles. The molecule has 1 N–H and O–H groups in total. The van der Waals surface area contributed by atoms with Gasteiger partial charge in [-0.05, 0) is 18.1 Å². The van der Waals surface area contributed by atoms with Crippen LogP contribution in [0.1, 0.15) is 21.5 Å². The maximum Gasteiger partial charge on any atom is 0.235 e. The van der Waals surface area contributed by atoms with Crippen LogP contribution in [0.2, 0.25) is 0 Å². The summed E-state index contributed by atoms with van der Waals surface area (Å²) < 4.78 is 10.1. The topological polar surface area (TPSA) is 72.8 Å². The predicted octanol–water partition coefficient (Wildman–Crippen LogP) is 1.03. The molecular formula is C13H14O5. The molecule has 0 saturated heterocycles. The van der Waals surface area contributed by atoms with Crippen molar-refractivity contribution >= 4 is 11.6 Å². The first kappa shape index (κ1) is 12.6. The monoisotopic (exact) mass is 250 g/mol. The van der Waals surface area contributed by atoms with Crippen LogP contribution in [-0.4, -0.2) is 37.0 Å². The molecule has 1 atom stereocenters. The summed E-state index contributed by atoms with van der Waals surface area (Å²) in [5, 5.41) is 9.85. The number of hydrogen-bond acceptors (Lipinski definition) is 5. The van der Waals surface area contributed by atoms with E-state index in [0.29, 0.717) is 11.3 Å². The molecule has 1 aliphatic rings. The van der Waals surface area contributed by atoms with E-state index in [-0.39, 0.29) is 17.7 Å². The summed E-state index contributed by atoms with van der Waals surface area (Å²) in [5.74, 6) is -1.06. The molecule has 1 aromatic rings. The smallest absolute Gasteiger partial charge is 0.235 e. The molecule has 2 rings (SSSR count). The van der Waals surface area contributed by atoms with Crippen molar-refractivity contribution in [2.75, 3.05) is 14.2 Å². The third-order valence-corrected chi connectivity index (χ3v) is 3.29. The van der Waals surface area contributed by atoms with Gasteiger partial charge in [-0.25, -0.2) is 0 Å². The summed E-state index contributed by atoms with van der Waals surface area (Å²) in [7, 11) is 2.87. The Kier molecular flexibility index (Phi) is 3.09. The molecule has 0 aromatic heterocycles. The van der Waals surface area contributed by atoms with Crippen molar-refractivity contribution in [1.82, 2.24) is 0 Å². The molecule has 0 bridgehead atoms. The summed E-state index contributed by atoms with van der Waals surface area (Å²) in [6, 6.07) is 1.35. The fourth-order valence-electron chi connectivity index (χ4n) is 2.25. The lowest BCUT2D eigenvalue weighted by Crippen LogP contribution is -2.37. The summed E-state index contributed by atoms with van der Waals surface area (Å²) >= 11 is 0. The molecule has 1 unspecified atom stereocenters. The zero-order valence-electron chi connectivity index (χ0n) is 10.4. The number of benzene rings is 1. The average molecular weight is 250 g/mol. The molecule has 0 aliphatic heterocycles. The Morgan fingerprint density at radius 2 is 2.00 bits per heavy atom. The molecule has 0 heterocycles. The minimum Gasteiger partial charge on any atom is -0.507 e. The number of carbonyl (C=O) groups excluding carboxylic acids is 2. The van der Waals surface area contributed by atoms with E-state index >= 15 is 0 Å². The van der Waals surface area contributed by atoms with Gasteiger partial charge in [-0.3, -0.25) is 9.59 Å². The second-order valence-electron chi connectivity index (χ2n) is 4.20. The minimum atomic E-state index is -0.782. The molecular weight excluding hydrogens is 236 g/mol. The average Bonchev–Trinajstić information content (AvgIpc) is 2.36. The second-order valence-corrected chi connectivity index (χ2v) is 4.20. The number of Topliss-reactive ketones (excluding diaryl/α,β-unsaturated/α-hetero) is 2. The number of rotatable bonds is 2. The van der Waals surface area contributed by atoms with Crippen LogP contribution in [-0.2, 0) is 16.0 Å². The van der Waals surface area contributed by atoms with Crippen LogP contribution in [0.3, 0.4) is 0 Å². The third kappa shape index (κ3) is 1.67. The molecule has 0 saturated carbocycles. The van der Waals surface area contributed by atoms with E-state index < -0.39 is 17.7 Å². The third-order valence-electron chi connectivity index (χ3n) is 3.29. The molecule has 0 spiro atoms. The maximum atomic E-state index is 11.9. The summed E-state index contributed by atoms with van der Waals surface area (Å²) in [4.78, 5) is 23.6. The molecule has 0 fully saturated rings. The Bertz CT molecular complexity index is 533. The number of hydrogen-bond donors (Lipinski definition) is 1. The molecule has 0 amide bonds. The summed E-state index contributed by atoms with van der Waals surface area (Å²) in [6.45, 7) is 1.78. The number of ketones is 2. The minimum absolute atomic E-state index is 0.0756. The van der Waals surface area contributed by atoms with Crippen LogP contribution in [0, 0.1) is 6.92 Å². The van der Waals surface area contributed by atoms with Gasteiger partial charge in [0.2, 0.25) is 11.6 Å². The van der Waals surface area contributed by atoms with Gasteiger partial charge in [-0.1, -0.05) is 0 Å². The van der Waals surface area contributed by atoms with Crippen molar-refractivity contribution < 1.29 is 24.2 Å². The van der Waals surface area contributed by atoms with Gasteiger partial charge < -0.3 is 14.6 Å². The lowest BCUT2D eigenvalue weighted by atomic mass is 9.84. The highest BCUT2D eigenvalue weighted by molar-refractivity contribution is 6.47. The van der Waals surface area contributed by atoms with Gasteiger partial charge in [0.05, 0.1) is 12.7 Å². The highest BCUT2D eigenvalue weighted by atomic mass is 16.5. The maximum absolute atomic E-state index is 11.9. The molecule has 18 heavy (non-hydrogen) atoms. The number of phenolic OH excluding ortho intramolecular Hbond substituents is 1. The highest BCUT2D eigenvalue weighted by Gasteiger charge is 2.37. The van der Waals surface area contributed by atoms with Crippen molar-refractivity contribution in [3.63, 3.8) is 0 Å². The van der Waals surface area contributed by atoms with E-state index in [4.69, 9.17) is 9.47 Å². The second kappa shape index (κ2) is 4.42. The quantitative estimate of drug-likeness (QED) is 0.794. The molecule has 5 heteroatoms. The van der Waals surface area contributed by atoms with Crippen molar-refractivity contribution in [2.45, 2.75) is 19.4 Å². The highest BCUT2D eigenvalue weighted by Crippen LogP contribution is 2.36. The van der Waals surface area contributed by atoms with E-state index in [1.54, 1.807) is 6.92 Å². The predicted molar refractivity (Wildman–Crippen MR) is 63.2 cm³/mol. The van der Waals surface area contributed by atoms with Crippen molar-refractivity contribution in [3.05, 3.63) is 22.8 Å². The van der Waals surface area contributed by atoms with Gasteiger partial charge in [0.15, 0.2) is 0 Å². The fraction of sp³-hybridized carbons (Fsp3) is 0.385. The van der Waals surface area contributed by atoms with Gasteiger partial charge in [0.1, 0.15) is 17.6 Å². The van der Waals surface area contributed by atoms with Gasteiger partial charge in [-0.15, -0.1) is 0 Å². The zero-order chi connectivity index (χ0) is 13.4.